The van der Waals surface area contributed by atoms with E-state index in [4.69, 9.17) is 0 Å². The van der Waals surface area contributed by atoms with E-state index in [1.807, 2.05) is 0 Å². The normalized spacial score (nSPS) is 13.8. The zero-order chi connectivity index (χ0) is 47.5. The molecule has 0 aliphatic heterocycles. The standard InChI is InChI=1S/C69H58/c1-39-31-59(57-29-23-49-35-51(67(3,4)5)33-47-21-25-53(39)65(57)63(47)49)43-15-11-41(12-16-43)45-19-27-55-56-28-20-46(38-62(56)69(9,10)61(55)37-45)42-13-17-44(18-14-42)60-32-40(2)54-26-22-48-34-52(68(6,7)8)36-50-24-30-58(60)66(54)64(48)50/h11-38H,1-10H3. The third-order valence-corrected chi connectivity index (χ3v) is 16.3. The molecule has 0 atom stereocenters. The summed E-state index contributed by atoms with van der Waals surface area (Å²) in [5.74, 6) is 0. The maximum atomic E-state index is 2.45. The lowest BCUT2D eigenvalue weighted by atomic mass is 9.80. The van der Waals surface area contributed by atoms with Gasteiger partial charge in [-0.3, -0.25) is 0 Å². The Balaban J connectivity index is 0.806. The van der Waals surface area contributed by atoms with E-state index < -0.39 is 0 Å². The fraction of sp³-hybridized carbons (Fsp3) is 0.188. The van der Waals surface area contributed by atoms with Gasteiger partial charge in [0, 0.05) is 5.41 Å². The fourth-order valence-electron chi connectivity index (χ4n) is 12.3. The average Bonchev–Trinajstić information content (AvgIpc) is 3.56. The minimum Gasteiger partial charge on any atom is -0.0561 e. The molecule has 0 saturated heterocycles. The van der Waals surface area contributed by atoms with Crippen LogP contribution in [0.3, 0.4) is 0 Å². The summed E-state index contributed by atoms with van der Waals surface area (Å²) in [6.07, 6.45) is 0. The molecular formula is C69H58. The molecule has 12 aromatic rings. The van der Waals surface area contributed by atoms with Crippen LogP contribution in [0.5, 0.6) is 0 Å². The minimum absolute atomic E-state index is 0.0940. The lowest BCUT2D eigenvalue weighted by Crippen LogP contribution is -2.15. The van der Waals surface area contributed by atoms with Gasteiger partial charge in [-0.05, 0) is 190 Å². The Labute approximate surface area is 407 Å². The van der Waals surface area contributed by atoms with E-state index in [0.717, 1.165) is 0 Å². The lowest BCUT2D eigenvalue weighted by Gasteiger charge is -2.23. The van der Waals surface area contributed by atoms with Crippen molar-refractivity contribution in [2.24, 2.45) is 0 Å². The molecule has 0 unspecified atom stereocenters. The SMILES string of the molecule is Cc1cc(-c2ccc(-c3ccc4c(c3)C(C)(C)c3cc(-c5ccc(-c6cc(C)c7ccc8cc(C(C)(C)C)cc9ccc6c7c89)cc5)ccc3-4)cc2)c2ccc3cc(C(C)(C)C)cc4ccc1c2c43. The number of rotatable bonds is 4. The van der Waals surface area contributed by atoms with Gasteiger partial charge in [0.15, 0.2) is 0 Å². The summed E-state index contributed by atoms with van der Waals surface area (Å²) >= 11 is 0. The highest BCUT2D eigenvalue weighted by Crippen LogP contribution is 2.51. The van der Waals surface area contributed by atoms with E-state index in [0.29, 0.717) is 0 Å². The second kappa shape index (κ2) is 14.4. The first-order valence-electron chi connectivity index (χ1n) is 25.0. The van der Waals surface area contributed by atoms with Crippen LogP contribution < -0.4 is 0 Å². The van der Waals surface area contributed by atoms with Crippen LogP contribution in [0.15, 0.2) is 170 Å². The van der Waals surface area contributed by atoms with Gasteiger partial charge >= 0.3 is 0 Å². The molecule has 0 heteroatoms. The van der Waals surface area contributed by atoms with Gasteiger partial charge in [0.2, 0.25) is 0 Å². The predicted octanol–water partition coefficient (Wildman–Crippen LogP) is 19.7. The Bertz CT molecular complexity index is 3780. The zero-order valence-electron chi connectivity index (χ0n) is 41.7. The number of hydrogen-bond acceptors (Lipinski definition) is 0. The van der Waals surface area contributed by atoms with Crippen LogP contribution in [0.25, 0.3) is 120 Å². The van der Waals surface area contributed by atoms with Gasteiger partial charge in [-0.2, -0.15) is 0 Å². The molecule has 0 radical (unpaired) electrons. The molecule has 0 spiro atoms. The van der Waals surface area contributed by atoms with Gasteiger partial charge in [0.25, 0.3) is 0 Å². The Morgan fingerprint density at radius 1 is 0.290 bits per heavy atom. The second-order valence-electron chi connectivity index (χ2n) is 23.1. The van der Waals surface area contributed by atoms with Crippen molar-refractivity contribution < 1.29 is 0 Å². The van der Waals surface area contributed by atoms with Gasteiger partial charge in [-0.25, -0.2) is 0 Å². The Hall–Kier alpha value is -7.28. The van der Waals surface area contributed by atoms with Crippen molar-refractivity contribution in [1.82, 2.24) is 0 Å². The fourth-order valence-corrected chi connectivity index (χ4v) is 12.3. The molecule has 0 N–H and O–H groups in total. The number of benzene rings is 12. The van der Waals surface area contributed by atoms with Crippen molar-refractivity contribution in [3.8, 4) is 55.6 Å². The van der Waals surface area contributed by atoms with Crippen LogP contribution in [0.1, 0.15) is 88.8 Å². The van der Waals surface area contributed by atoms with Crippen LogP contribution in [-0.2, 0) is 16.2 Å². The highest BCUT2D eigenvalue weighted by molar-refractivity contribution is 6.27. The Kier molecular flexibility index (Phi) is 8.73. The van der Waals surface area contributed by atoms with Crippen molar-refractivity contribution in [2.75, 3.05) is 0 Å². The monoisotopic (exact) mass is 886 g/mol. The summed E-state index contributed by atoms with van der Waals surface area (Å²) in [6.45, 7) is 23.2. The van der Waals surface area contributed by atoms with E-state index in [1.165, 1.54) is 154 Å². The third-order valence-electron chi connectivity index (χ3n) is 16.3. The molecule has 0 amide bonds. The Morgan fingerprint density at radius 2 is 0.609 bits per heavy atom. The largest absolute Gasteiger partial charge is 0.0561 e. The lowest BCUT2D eigenvalue weighted by molar-refractivity contribution is 0.591. The molecular weight excluding hydrogens is 829 g/mol. The maximum Gasteiger partial charge on any atom is 0.0159 e. The second-order valence-corrected chi connectivity index (χ2v) is 23.1. The molecule has 1 aliphatic rings. The van der Waals surface area contributed by atoms with Crippen molar-refractivity contribution >= 4 is 64.6 Å². The highest BCUT2D eigenvalue weighted by Gasteiger charge is 2.36. The topological polar surface area (TPSA) is 0 Å². The van der Waals surface area contributed by atoms with E-state index in [2.05, 4.69) is 239 Å². The number of fused-ring (bicyclic) bond motifs is 3. The van der Waals surface area contributed by atoms with Crippen molar-refractivity contribution in [3.63, 3.8) is 0 Å². The van der Waals surface area contributed by atoms with Crippen LogP contribution in [0.2, 0.25) is 0 Å². The molecule has 69 heavy (non-hydrogen) atoms. The van der Waals surface area contributed by atoms with Gasteiger partial charge in [0.1, 0.15) is 0 Å². The van der Waals surface area contributed by atoms with Gasteiger partial charge in [-0.15, -0.1) is 0 Å². The molecule has 0 nitrogen and oxygen atoms in total. The summed E-state index contributed by atoms with van der Waals surface area (Å²) < 4.78 is 0. The van der Waals surface area contributed by atoms with Crippen molar-refractivity contribution in [3.05, 3.63) is 203 Å². The summed E-state index contributed by atoms with van der Waals surface area (Å²) in [6, 6.07) is 66.0. The molecule has 12 aromatic carbocycles. The summed E-state index contributed by atoms with van der Waals surface area (Å²) in [5.41, 5.74) is 21.0. The summed E-state index contributed by atoms with van der Waals surface area (Å²) in [7, 11) is 0. The van der Waals surface area contributed by atoms with Crippen molar-refractivity contribution in [1.29, 1.82) is 0 Å². The molecule has 0 fully saturated rings. The van der Waals surface area contributed by atoms with Crippen molar-refractivity contribution in [2.45, 2.75) is 85.5 Å². The zero-order valence-corrected chi connectivity index (χ0v) is 41.7. The molecule has 0 heterocycles. The van der Waals surface area contributed by atoms with E-state index in [9.17, 15) is 0 Å². The van der Waals surface area contributed by atoms with E-state index in [1.54, 1.807) is 0 Å². The molecule has 13 rings (SSSR count). The predicted molar refractivity (Wildman–Crippen MR) is 300 cm³/mol. The smallest absolute Gasteiger partial charge is 0.0159 e. The van der Waals surface area contributed by atoms with Crippen LogP contribution in [0, 0.1) is 13.8 Å². The third kappa shape index (κ3) is 6.27. The minimum atomic E-state index is -0.143. The Morgan fingerprint density at radius 3 is 0.957 bits per heavy atom. The van der Waals surface area contributed by atoms with E-state index in [-0.39, 0.29) is 16.2 Å². The number of hydrogen-bond donors (Lipinski definition) is 0. The molecule has 334 valence electrons. The highest BCUT2D eigenvalue weighted by atomic mass is 14.4. The maximum absolute atomic E-state index is 2.45. The average molecular weight is 887 g/mol. The first kappa shape index (κ1) is 41.9. The van der Waals surface area contributed by atoms with Crippen LogP contribution in [-0.4, -0.2) is 0 Å². The van der Waals surface area contributed by atoms with Gasteiger partial charge in [-0.1, -0.05) is 213 Å². The van der Waals surface area contributed by atoms with E-state index >= 15 is 0 Å². The molecule has 0 saturated carbocycles. The first-order valence-corrected chi connectivity index (χ1v) is 25.0. The van der Waals surface area contributed by atoms with Crippen LogP contribution in [0.4, 0.5) is 0 Å². The first-order chi connectivity index (χ1) is 33.0. The quantitative estimate of drug-likeness (QED) is 0.155. The summed E-state index contributed by atoms with van der Waals surface area (Å²) in [4.78, 5) is 0. The summed E-state index contributed by atoms with van der Waals surface area (Å²) in [5, 5.41) is 16.2. The van der Waals surface area contributed by atoms with Crippen LogP contribution >= 0.6 is 0 Å². The van der Waals surface area contributed by atoms with Gasteiger partial charge < -0.3 is 0 Å². The molecule has 1 aliphatic carbocycles. The number of aryl methyl sites for hydroxylation is 2. The molecule has 0 bridgehead atoms. The van der Waals surface area contributed by atoms with Gasteiger partial charge in [0.05, 0.1) is 0 Å². The molecule has 0 aromatic heterocycles.